The van der Waals surface area contributed by atoms with Crippen molar-refractivity contribution < 1.29 is 27.9 Å². The van der Waals surface area contributed by atoms with Crippen LogP contribution in [0.3, 0.4) is 0 Å². The van der Waals surface area contributed by atoms with Gasteiger partial charge in [-0.3, -0.25) is 4.79 Å². The van der Waals surface area contributed by atoms with E-state index in [1.807, 2.05) is 0 Å². The summed E-state index contributed by atoms with van der Waals surface area (Å²) < 4.78 is 41.2. The van der Waals surface area contributed by atoms with E-state index in [0.717, 1.165) is 10.7 Å². The van der Waals surface area contributed by atoms with Gasteiger partial charge in [-0.25, -0.2) is 22.6 Å². The van der Waals surface area contributed by atoms with Gasteiger partial charge in [0.25, 0.3) is 0 Å². The first-order valence-electron chi connectivity index (χ1n) is 6.44. The Morgan fingerprint density at radius 1 is 1.18 bits per heavy atom. The molecule has 1 N–H and O–H groups in total. The molecule has 8 heteroatoms. The predicted octanol–water partition coefficient (Wildman–Crippen LogP) is 2.51. The van der Waals surface area contributed by atoms with Crippen LogP contribution in [-0.2, 0) is 6.42 Å². The van der Waals surface area contributed by atoms with Gasteiger partial charge in [0, 0.05) is 6.42 Å². The van der Waals surface area contributed by atoms with Crippen molar-refractivity contribution in [3.8, 4) is 5.69 Å². The lowest BCUT2D eigenvalue weighted by molar-refractivity contribution is 0.0684. The van der Waals surface area contributed by atoms with Crippen molar-refractivity contribution in [3.05, 3.63) is 46.5 Å². The normalized spacial score (nSPS) is 14.0. The minimum atomic E-state index is -1.68. The number of ketones is 1. The Bertz CT molecular complexity index is 814. The maximum absolute atomic E-state index is 13.9. The molecular weight excluding hydrogens is 301 g/mol. The van der Waals surface area contributed by atoms with Crippen LogP contribution in [0.4, 0.5) is 13.2 Å². The molecule has 0 saturated carbocycles. The number of hydrogen-bond acceptors (Lipinski definition) is 3. The zero-order valence-corrected chi connectivity index (χ0v) is 11.1. The molecule has 0 bridgehead atoms. The predicted molar refractivity (Wildman–Crippen MR) is 67.7 cm³/mol. The van der Waals surface area contributed by atoms with Gasteiger partial charge >= 0.3 is 5.97 Å². The van der Waals surface area contributed by atoms with Crippen LogP contribution in [-0.4, -0.2) is 26.6 Å². The summed E-state index contributed by atoms with van der Waals surface area (Å²) in [7, 11) is 0. The summed E-state index contributed by atoms with van der Waals surface area (Å²) in [6.45, 7) is 0. The van der Waals surface area contributed by atoms with Crippen molar-refractivity contribution in [1.29, 1.82) is 0 Å². The third-order valence-electron chi connectivity index (χ3n) is 3.52. The van der Waals surface area contributed by atoms with Gasteiger partial charge in [0.2, 0.25) is 0 Å². The Morgan fingerprint density at radius 3 is 2.59 bits per heavy atom. The molecule has 2 aromatic rings. The third-order valence-corrected chi connectivity index (χ3v) is 3.52. The molecule has 0 saturated heterocycles. The van der Waals surface area contributed by atoms with E-state index in [0.29, 0.717) is 18.9 Å². The number of aromatic nitrogens is 2. The van der Waals surface area contributed by atoms with E-state index in [9.17, 15) is 22.8 Å². The molecule has 0 radical (unpaired) electrons. The molecule has 1 aromatic heterocycles. The first-order valence-corrected chi connectivity index (χ1v) is 6.44. The van der Waals surface area contributed by atoms with Gasteiger partial charge in [0.15, 0.2) is 28.9 Å². The molecule has 0 spiro atoms. The summed E-state index contributed by atoms with van der Waals surface area (Å²) >= 11 is 0. The molecule has 0 unspecified atom stereocenters. The van der Waals surface area contributed by atoms with E-state index in [4.69, 9.17) is 5.11 Å². The number of halogens is 3. The fourth-order valence-electron chi connectivity index (χ4n) is 2.55. The lowest BCUT2D eigenvalue weighted by atomic mass is 9.94. The Morgan fingerprint density at radius 2 is 1.91 bits per heavy atom. The molecule has 0 aliphatic heterocycles. The summed E-state index contributed by atoms with van der Waals surface area (Å²) in [5.74, 6) is -6.38. The Labute approximate surface area is 122 Å². The molecule has 0 amide bonds. The van der Waals surface area contributed by atoms with Gasteiger partial charge in [-0.05, 0) is 25.0 Å². The van der Waals surface area contributed by atoms with Crippen molar-refractivity contribution in [2.75, 3.05) is 0 Å². The molecule has 114 valence electrons. The zero-order valence-electron chi connectivity index (χ0n) is 11.1. The highest BCUT2D eigenvalue weighted by atomic mass is 19.2. The van der Waals surface area contributed by atoms with Crippen molar-refractivity contribution in [2.45, 2.75) is 19.3 Å². The molecule has 0 atom stereocenters. The lowest BCUT2D eigenvalue weighted by Crippen LogP contribution is -2.15. The number of aromatic carboxylic acids is 1. The smallest absolute Gasteiger partial charge is 0.357 e. The van der Waals surface area contributed by atoms with E-state index in [-0.39, 0.29) is 17.7 Å². The fraction of sp³-hybridized carbons (Fsp3) is 0.214. The van der Waals surface area contributed by atoms with Crippen molar-refractivity contribution in [2.24, 2.45) is 0 Å². The van der Waals surface area contributed by atoms with Gasteiger partial charge < -0.3 is 5.11 Å². The summed E-state index contributed by atoms with van der Waals surface area (Å²) in [5.41, 5.74) is -0.845. The third kappa shape index (κ3) is 1.99. The van der Waals surface area contributed by atoms with Gasteiger partial charge in [0.1, 0.15) is 5.69 Å². The zero-order chi connectivity index (χ0) is 16.0. The largest absolute Gasteiger partial charge is 0.476 e. The second-order valence-electron chi connectivity index (χ2n) is 4.86. The maximum Gasteiger partial charge on any atom is 0.357 e. The molecule has 1 aliphatic rings. The molecule has 1 heterocycles. The van der Waals surface area contributed by atoms with Gasteiger partial charge in [-0.15, -0.1) is 0 Å². The SMILES string of the molecule is O=C(O)c1nn(-c2ccc(F)c(F)c2F)c2c1C(=O)CCC2. The first-order chi connectivity index (χ1) is 10.4. The van der Waals surface area contributed by atoms with Crippen molar-refractivity contribution in [1.82, 2.24) is 9.78 Å². The van der Waals surface area contributed by atoms with E-state index >= 15 is 0 Å². The average molecular weight is 310 g/mol. The summed E-state index contributed by atoms with van der Waals surface area (Å²) in [5, 5.41) is 12.8. The minimum Gasteiger partial charge on any atom is -0.476 e. The number of rotatable bonds is 2. The number of carboxylic acid groups (broad SMARTS) is 1. The van der Waals surface area contributed by atoms with Gasteiger partial charge in [-0.2, -0.15) is 5.10 Å². The van der Waals surface area contributed by atoms with Crippen molar-refractivity contribution in [3.63, 3.8) is 0 Å². The number of benzene rings is 1. The van der Waals surface area contributed by atoms with Crippen LogP contribution in [0.15, 0.2) is 12.1 Å². The second kappa shape index (κ2) is 4.97. The monoisotopic (exact) mass is 310 g/mol. The Balaban J connectivity index is 2.29. The molecule has 1 aromatic carbocycles. The number of carboxylic acids is 1. The number of fused-ring (bicyclic) bond motifs is 1. The summed E-state index contributed by atoms with van der Waals surface area (Å²) in [6, 6.07) is 1.67. The number of Topliss-reactive ketones (excluding diaryl/α,β-unsaturated/α-hetero) is 1. The lowest BCUT2D eigenvalue weighted by Gasteiger charge is -2.13. The van der Waals surface area contributed by atoms with Crippen molar-refractivity contribution >= 4 is 11.8 Å². The second-order valence-corrected chi connectivity index (χ2v) is 4.86. The first kappa shape index (κ1) is 14.3. The van der Waals surface area contributed by atoms with E-state index in [1.54, 1.807) is 0 Å². The van der Waals surface area contributed by atoms with Crippen LogP contribution in [0, 0.1) is 17.5 Å². The number of carbonyl (C=O) groups excluding carboxylic acids is 1. The minimum absolute atomic E-state index is 0.0946. The topological polar surface area (TPSA) is 72.2 Å². The fourth-order valence-corrected chi connectivity index (χ4v) is 2.55. The number of hydrogen-bond donors (Lipinski definition) is 1. The molecule has 1 aliphatic carbocycles. The quantitative estimate of drug-likeness (QED) is 0.865. The summed E-state index contributed by atoms with van der Waals surface area (Å²) in [6.07, 6.45) is 0.904. The Kier molecular flexibility index (Phi) is 3.23. The Hall–Kier alpha value is -2.64. The maximum atomic E-state index is 13.9. The van der Waals surface area contributed by atoms with Crippen LogP contribution < -0.4 is 0 Å². The molecule has 22 heavy (non-hydrogen) atoms. The highest BCUT2D eigenvalue weighted by molar-refractivity contribution is 6.06. The van der Waals surface area contributed by atoms with Crippen LogP contribution in [0.5, 0.6) is 0 Å². The average Bonchev–Trinajstić information content (AvgIpc) is 2.86. The van der Waals surface area contributed by atoms with Crippen LogP contribution >= 0.6 is 0 Å². The standard InChI is InChI=1S/C14H9F3N2O3/c15-6-4-5-8(12(17)11(6)16)19-7-2-1-3-9(20)10(7)13(18-19)14(21)22/h4-5H,1-3H2,(H,21,22). The molecular formula is C14H9F3N2O3. The highest BCUT2D eigenvalue weighted by Gasteiger charge is 2.31. The summed E-state index contributed by atoms with van der Waals surface area (Å²) in [4.78, 5) is 23.1. The van der Waals surface area contributed by atoms with Crippen LogP contribution in [0.1, 0.15) is 39.4 Å². The van der Waals surface area contributed by atoms with E-state index in [1.165, 1.54) is 0 Å². The van der Waals surface area contributed by atoms with Crippen LogP contribution in [0.2, 0.25) is 0 Å². The van der Waals surface area contributed by atoms with Gasteiger partial charge in [0.05, 0.1) is 11.3 Å². The van der Waals surface area contributed by atoms with E-state index in [2.05, 4.69) is 5.10 Å². The van der Waals surface area contributed by atoms with Crippen LogP contribution in [0.25, 0.3) is 5.69 Å². The van der Waals surface area contributed by atoms with E-state index < -0.39 is 40.6 Å². The molecule has 0 fully saturated rings. The number of nitrogens with zero attached hydrogens (tertiary/aromatic N) is 2. The van der Waals surface area contributed by atoms with Gasteiger partial charge in [-0.1, -0.05) is 0 Å². The molecule has 5 nitrogen and oxygen atoms in total. The number of carbonyl (C=O) groups is 2. The highest BCUT2D eigenvalue weighted by Crippen LogP contribution is 2.29. The molecule has 3 rings (SSSR count).